The van der Waals surface area contributed by atoms with Crippen LogP contribution < -0.4 is 0 Å². The normalized spacial score (nSPS) is 15.6. The highest BCUT2D eigenvalue weighted by molar-refractivity contribution is 7.90. The summed E-state index contributed by atoms with van der Waals surface area (Å²) in [6.45, 7) is 3.30. The molecule has 0 radical (unpaired) electrons. The second kappa shape index (κ2) is 14.2. The number of likely N-dealkylation sites (tertiary alicyclic amines) is 1. The van der Waals surface area contributed by atoms with E-state index < -0.39 is 11.2 Å². The Hall–Kier alpha value is -3.05. The van der Waals surface area contributed by atoms with E-state index in [1.807, 2.05) is 73.8 Å². The smallest absolute Gasteiger partial charge is 0.254 e. The molecule has 1 aliphatic heterocycles. The number of fused-ring (bicyclic) bond motifs is 1. The molecule has 1 saturated heterocycles. The Morgan fingerprint density at radius 3 is 2.49 bits per heavy atom. The number of hydrogen-bond donors (Lipinski definition) is 0. The van der Waals surface area contributed by atoms with Crippen molar-refractivity contribution in [1.29, 1.82) is 5.26 Å². The van der Waals surface area contributed by atoms with E-state index >= 15 is 0 Å². The second-order valence-electron chi connectivity index (χ2n) is 11.3. The van der Waals surface area contributed by atoms with Gasteiger partial charge in [0.2, 0.25) is 0 Å². The number of carbonyl (C=O) groups excluding carboxylic acids is 1. The van der Waals surface area contributed by atoms with E-state index in [0.717, 1.165) is 60.1 Å². The number of likely N-dealkylation sites (N-methyl/N-ethyl adjacent to an activating group) is 1. The van der Waals surface area contributed by atoms with Crippen LogP contribution in [-0.4, -0.2) is 59.7 Å². The van der Waals surface area contributed by atoms with E-state index in [1.165, 1.54) is 5.56 Å². The number of rotatable bonds is 9. The predicted molar refractivity (Wildman–Crippen MR) is 177 cm³/mol. The third-order valence-electron chi connectivity index (χ3n) is 8.53. The molecule has 0 N–H and O–H groups in total. The molecular weight excluding hydrogens is 597 g/mol. The molecule has 1 heterocycles. The van der Waals surface area contributed by atoms with Crippen LogP contribution in [0.3, 0.4) is 0 Å². The van der Waals surface area contributed by atoms with Gasteiger partial charge in [0.25, 0.3) is 5.91 Å². The van der Waals surface area contributed by atoms with E-state index in [4.69, 9.17) is 23.2 Å². The quantitative estimate of drug-likeness (QED) is 0.176. The molecule has 43 heavy (non-hydrogen) atoms. The van der Waals surface area contributed by atoms with Crippen molar-refractivity contribution in [2.75, 3.05) is 39.5 Å². The summed E-state index contributed by atoms with van der Waals surface area (Å²) < 4.78 is 12.3. The molecule has 0 spiro atoms. The van der Waals surface area contributed by atoms with Crippen LogP contribution >= 0.6 is 23.2 Å². The predicted octanol–water partition coefficient (Wildman–Crippen LogP) is 7.88. The molecule has 0 aromatic heterocycles. The summed E-state index contributed by atoms with van der Waals surface area (Å²) in [4.78, 5) is 19.0. The number of carbonyl (C=O) groups is 1. The van der Waals surface area contributed by atoms with Gasteiger partial charge in [-0.05, 0) is 103 Å². The summed E-state index contributed by atoms with van der Waals surface area (Å²) in [6.07, 6.45) is 4.63. The standard InChI is InChI=1S/C35H35Cl2N3O2S/c1-39(35(41)31-20-24(22-38)19-27-7-3-4-8-29(27)31)23-28(26-11-12-32(36)33(37)21-26)15-18-40-16-13-25(14-17-40)30-9-5-6-10-34(30)43(2)42/h3-12,19-21,25,28H,13-18,23H2,1-2H3/t28-,43?/m1/s1. The molecule has 4 aromatic carbocycles. The first kappa shape index (κ1) is 31.4. The number of amides is 1. The maximum absolute atomic E-state index is 13.8. The van der Waals surface area contributed by atoms with Gasteiger partial charge in [0.05, 0.1) is 21.7 Å². The minimum atomic E-state index is -1.00. The number of hydrogen-bond acceptors (Lipinski definition) is 4. The van der Waals surface area contributed by atoms with Gasteiger partial charge in [0.1, 0.15) is 6.26 Å². The lowest BCUT2D eigenvalue weighted by molar-refractivity contribution is 0.0783. The van der Waals surface area contributed by atoms with Crippen LogP contribution in [0, 0.1) is 11.3 Å². The van der Waals surface area contributed by atoms with Crippen LogP contribution in [0.1, 0.15) is 58.1 Å². The van der Waals surface area contributed by atoms with E-state index in [-0.39, 0.29) is 11.8 Å². The van der Waals surface area contributed by atoms with Crippen molar-refractivity contribution in [2.45, 2.75) is 36.0 Å². The van der Waals surface area contributed by atoms with Crippen LogP contribution in [0.2, 0.25) is 10.0 Å². The third-order valence-corrected chi connectivity index (χ3v) is 10.3. The van der Waals surface area contributed by atoms with Crippen molar-refractivity contribution in [1.82, 2.24) is 9.80 Å². The van der Waals surface area contributed by atoms with Crippen molar-refractivity contribution in [3.8, 4) is 6.07 Å². The average molecular weight is 633 g/mol. The highest BCUT2D eigenvalue weighted by Gasteiger charge is 2.27. The summed E-state index contributed by atoms with van der Waals surface area (Å²) in [5, 5.41) is 12.3. The van der Waals surface area contributed by atoms with Gasteiger partial charge >= 0.3 is 0 Å². The van der Waals surface area contributed by atoms with Gasteiger partial charge in [0, 0.05) is 30.6 Å². The maximum Gasteiger partial charge on any atom is 0.254 e. The minimum Gasteiger partial charge on any atom is -0.612 e. The van der Waals surface area contributed by atoms with E-state index in [2.05, 4.69) is 17.0 Å². The van der Waals surface area contributed by atoms with E-state index in [0.29, 0.717) is 33.6 Å². The zero-order valence-electron chi connectivity index (χ0n) is 24.4. The van der Waals surface area contributed by atoms with Gasteiger partial charge in [-0.25, -0.2) is 0 Å². The van der Waals surface area contributed by atoms with Crippen molar-refractivity contribution < 1.29 is 9.35 Å². The molecule has 1 amide bonds. The van der Waals surface area contributed by atoms with Crippen molar-refractivity contribution in [2.24, 2.45) is 0 Å². The summed E-state index contributed by atoms with van der Waals surface area (Å²) in [5.41, 5.74) is 3.25. The molecular formula is C35H35Cl2N3O2S. The van der Waals surface area contributed by atoms with Crippen LogP contribution in [0.4, 0.5) is 0 Å². The lowest BCUT2D eigenvalue weighted by atomic mass is 9.88. The van der Waals surface area contributed by atoms with E-state index in [9.17, 15) is 14.6 Å². The van der Waals surface area contributed by atoms with Crippen LogP contribution in [0.5, 0.6) is 0 Å². The molecule has 0 bridgehead atoms. The molecule has 5 nitrogen and oxygen atoms in total. The second-order valence-corrected chi connectivity index (χ2v) is 13.5. The number of benzene rings is 4. The van der Waals surface area contributed by atoms with Crippen LogP contribution in [0.25, 0.3) is 10.8 Å². The van der Waals surface area contributed by atoms with Crippen LogP contribution in [0.15, 0.2) is 83.8 Å². The Balaban J connectivity index is 1.30. The highest BCUT2D eigenvalue weighted by atomic mass is 35.5. The van der Waals surface area contributed by atoms with Crippen molar-refractivity contribution in [3.63, 3.8) is 0 Å². The lowest BCUT2D eigenvalue weighted by Gasteiger charge is -2.34. The van der Waals surface area contributed by atoms with Crippen molar-refractivity contribution in [3.05, 3.63) is 111 Å². The molecule has 2 atom stereocenters. The monoisotopic (exact) mass is 631 g/mol. The molecule has 0 saturated carbocycles. The molecule has 4 aromatic rings. The molecule has 8 heteroatoms. The highest BCUT2D eigenvalue weighted by Crippen LogP contribution is 2.34. The van der Waals surface area contributed by atoms with Crippen molar-refractivity contribution >= 4 is 51.1 Å². The molecule has 0 aliphatic carbocycles. The number of nitrogens with zero attached hydrogens (tertiary/aromatic N) is 3. The largest absolute Gasteiger partial charge is 0.612 e. The zero-order valence-corrected chi connectivity index (χ0v) is 26.8. The van der Waals surface area contributed by atoms with Crippen LogP contribution in [-0.2, 0) is 11.2 Å². The van der Waals surface area contributed by atoms with Gasteiger partial charge in [-0.2, -0.15) is 5.26 Å². The Morgan fingerprint density at radius 2 is 1.77 bits per heavy atom. The fraction of sp³-hybridized carbons (Fsp3) is 0.314. The molecule has 1 aliphatic rings. The lowest BCUT2D eigenvalue weighted by Crippen LogP contribution is -2.36. The van der Waals surface area contributed by atoms with Gasteiger partial charge < -0.3 is 14.4 Å². The Morgan fingerprint density at radius 1 is 1.05 bits per heavy atom. The first-order chi connectivity index (χ1) is 20.7. The average Bonchev–Trinajstić information content (AvgIpc) is 3.03. The van der Waals surface area contributed by atoms with Gasteiger partial charge in [-0.1, -0.05) is 71.7 Å². The molecule has 1 unspecified atom stereocenters. The first-order valence-corrected chi connectivity index (χ1v) is 16.8. The third kappa shape index (κ3) is 7.37. The zero-order chi connectivity index (χ0) is 30.5. The summed E-state index contributed by atoms with van der Waals surface area (Å²) >= 11 is 11.7. The Bertz CT molecular complexity index is 1650. The Kier molecular flexibility index (Phi) is 10.3. The summed E-state index contributed by atoms with van der Waals surface area (Å²) in [7, 11) is 1.82. The molecule has 1 fully saturated rings. The SMILES string of the molecule is CN(C[C@@H](CCN1CCC(c2ccccc2[S+](C)[O-])CC1)c1ccc(Cl)c(Cl)c1)C(=O)c1cc(C#N)cc2ccccc12. The molecule has 222 valence electrons. The fourth-order valence-corrected chi connectivity index (χ4v) is 7.33. The fourth-order valence-electron chi connectivity index (χ4n) is 6.19. The topological polar surface area (TPSA) is 70.4 Å². The minimum absolute atomic E-state index is 0.0371. The summed E-state index contributed by atoms with van der Waals surface area (Å²) in [5.74, 6) is 0.325. The number of halogens is 2. The van der Waals surface area contributed by atoms with E-state index in [1.54, 1.807) is 17.2 Å². The first-order valence-electron chi connectivity index (χ1n) is 14.5. The van der Waals surface area contributed by atoms with Gasteiger partial charge in [-0.15, -0.1) is 0 Å². The van der Waals surface area contributed by atoms with Gasteiger partial charge in [-0.3, -0.25) is 4.79 Å². The van der Waals surface area contributed by atoms with Gasteiger partial charge in [0.15, 0.2) is 4.90 Å². The number of nitriles is 1. The molecule has 5 rings (SSSR count). The summed E-state index contributed by atoms with van der Waals surface area (Å²) in [6, 6.07) is 27.2. The Labute approximate surface area is 267 Å². The number of piperidine rings is 1. The maximum atomic E-state index is 13.8.